The van der Waals surface area contributed by atoms with E-state index in [-0.39, 0.29) is 0 Å². The number of benzene rings is 1. The van der Waals surface area contributed by atoms with E-state index in [9.17, 15) is 0 Å². The first-order chi connectivity index (χ1) is 6.77. The summed E-state index contributed by atoms with van der Waals surface area (Å²) in [4.78, 5) is 2.38. The van der Waals surface area contributed by atoms with E-state index in [1.54, 1.807) is 0 Å². The molecule has 1 aliphatic heterocycles. The topological polar surface area (TPSA) is 29.3 Å². The SMILES string of the molecule is Nc1cc(Br)ccc1N1CCCCC1. The van der Waals surface area contributed by atoms with Gasteiger partial charge >= 0.3 is 0 Å². The highest BCUT2D eigenvalue weighted by Crippen LogP contribution is 2.28. The van der Waals surface area contributed by atoms with Gasteiger partial charge in [-0.05, 0) is 37.5 Å². The van der Waals surface area contributed by atoms with Crippen molar-refractivity contribution in [3.05, 3.63) is 22.7 Å². The lowest BCUT2D eigenvalue weighted by molar-refractivity contribution is 0.578. The smallest absolute Gasteiger partial charge is 0.0600 e. The van der Waals surface area contributed by atoms with Crippen molar-refractivity contribution in [3.8, 4) is 0 Å². The molecule has 0 unspecified atom stereocenters. The highest BCUT2D eigenvalue weighted by Gasteiger charge is 2.12. The van der Waals surface area contributed by atoms with Gasteiger partial charge in [-0.3, -0.25) is 0 Å². The highest BCUT2D eigenvalue weighted by molar-refractivity contribution is 9.10. The number of rotatable bonds is 1. The largest absolute Gasteiger partial charge is 0.397 e. The normalized spacial score (nSPS) is 17.1. The Bertz CT molecular complexity index is 319. The second-order valence-electron chi connectivity index (χ2n) is 3.75. The summed E-state index contributed by atoms with van der Waals surface area (Å²) in [5, 5.41) is 0. The first-order valence-electron chi connectivity index (χ1n) is 5.07. The zero-order chi connectivity index (χ0) is 9.97. The van der Waals surface area contributed by atoms with Crippen LogP contribution in [-0.2, 0) is 0 Å². The molecule has 1 fully saturated rings. The van der Waals surface area contributed by atoms with E-state index in [1.165, 1.54) is 24.9 Å². The average molecular weight is 255 g/mol. The number of hydrogen-bond donors (Lipinski definition) is 1. The molecule has 76 valence electrons. The monoisotopic (exact) mass is 254 g/mol. The first-order valence-corrected chi connectivity index (χ1v) is 5.86. The Morgan fingerprint density at radius 2 is 1.86 bits per heavy atom. The molecule has 1 aliphatic rings. The fraction of sp³-hybridized carbons (Fsp3) is 0.455. The first kappa shape index (κ1) is 9.84. The van der Waals surface area contributed by atoms with Crippen LogP contribution in [0.1, 0.15) is 19.3 Å². The molecular formula is C11H15BrN2. The van der Waals surface area contributed by atoms with Crippen LogP contribution >= 0.6 is 15.9 Å². The van der Waals surface area contributed by atoms with E-state index in [0.29, 0.717) is 0 Å². The maximum atomic E-state index is 5.98. The predicted molar refractivity (Wildman–Crippen MR) is 64.6 cm³/mol. The maximum Gasteiger partial charge on any atom is 0.0600 e. The third-order valence-corrected chi connectivity index (χ3v) is 3.18. The van der Waals surface area contributed by atoms with Gasteiger partial charge in [0.15, 0.2) is 0 Å². The van der Waals surface area contributed by atoms with Crippen molar-refractivity contribution in [2.75, 3.05) is 23.7 Å². The van der Waals surface area contributed by atoms with Crippen LogP contribution in [0.15, 0.2) is 22.7 Å². The number of halogens is 1. The van der Waals surface area contributed by atoms with E-state index >= 15 is 0 Å². The van der Waals surface area contributed by atoms with Gasteiger partial charge in [-0.15, -0.1) is 0 Å². The van der Waals surface area contributed by atoms with Gasteiger partial charge in [-0.1, -0.05) is 15.9 Å². The van der Waals surface area contributed by atoms with Gasteiger partial charge in [-0.2, -0.15) is 0 Å². The van der Waals surface area contributed by atoms with Crippen molar-refractivity contribution >= 4 is 27.3 Å². The van der Waals surface area contributed by atoms with Crippen molar-refractivity contribution < 1.29 is 0 Å². The third-order valence-electron chi connectivity index (χ3n) is 2.69. The molecule has 14 heavy (non-hydrogen) atoms. The third kappa shape index (κ3) is 2.03. The summed E-state index contributed by atoms with van der Waals surface area (Å²) in [5.74, 6) is 0. The van der Waals surface area contributed by atoms with Crippen LogP contribution in [0.2, 0.25) is 0 Å². The fourth-order valence-electron chi connectivity index (χ4n) is 1.95. The Balaban J connectivity index is 2.22. The molecule has 0 aliphatic carbocycles. The Morgan fingerprint density at radius 1 is 1.14 bits per heavy atom. The van der Waals surface area contributed by atoms with Crippen LogP contribution in [0.4, 0.5) is 11.4 Å². The minimum absolute atomic E-state index is 0.876. The summed E-state index contributed by atoms with van der Waals surface area (Å²) in [6.45, 7) is 2.29. The van der Waals surface area contributed by atoms with Crippen LogP contribution in [0.5, 0.6) is 0 Å². The molecule has 2 nitrogen and oxygen atoms in total. The van der Waals surface area contributed by atoms with Gasteiger partial charge in [-0.25, -0.2) is 0 Å². The second kappa shape index (κ2) is 4.22. The molecule has 0 atom stereocenters. The lowest BCUT2D eigenvalue weighted by atomic mass is 10.1. The molecule has 1 aromatic rings. The summed E-state index contributed by atoms with van der Waals surface area (Å²) in [5.41, 5.74) is 8.04. The number of nitrogens with two attached hydrogens (primary N) is 1. The standard InChI is InChI=1S/C11H15BrN2/c12-9-4-5-11(10(13)8-9)14-6-2-1-3-7-14/h4-5,8H,1-3,6-7,13H2. The van der Waals surface area contributed by atoms with E-state index in [1.807, 2.05) is 6.07 Å². The summed E-state index contributed by atoms with van der Waals surface area (Å²) in [6.07, 6.45) is 3.93. The summed E-state index contributed by atoms with van der Waals surface area (Å²) in [6, 6.07) is 6.13. The summed E-state index contributed by atoms with van der Waals surface area (Å²) in [7, 11) is 0. The maximum absolute atomic E-state index is 5.98. The van der Waals surface area contributed by atoms with Crippen LogP contribution < -0.4 is 10.6 Å². The molecule has 1 heterocycles. The zero-order valence-corrected chi connectivity index (χ0v) is 9.76. The second-order valence-corrected chi connectivity index (χ2v) is 4.67. The minimum Gasteiger partial charge on any atom is -0.397 e. The van der Waals surface area contributed by atoms with Crippen molar-refractivity contribution in [3.63, 3.8) is 0 Å². The van der Waals surface area contributed by atoms with Gasteiger partial charge < -0.3 is 10.6 Å². The summed E-state index contributed by atoms with van der Waals surface area (Å²) < 4.78 is 1.05. The van der Waals surface area contributed by atoms with Gasteiger partial charge in [0, 0.05) is 17.6 Å². The van der Waals surface area contributed by atoms with Crippen molar-refractivity contribution in [1.29, 1.82) is 0 Å². The van der Waals surface area contributed by atoms with Crippen molar-refractivity contribution in [2.24, 2.45) is 0 Å². The molecule has 1 aromatic carbocycles. The molecule has 0 amide bonds. The van der Waals surface area contributed by atoms with Gasteiger partial charge in [0.05, 0.1) is 11.4 Å². The van der Waals surface area contributed by atoms with Crippen molar-refractivity contribution in [2.45, 2.75) is 19.3 Å². The number of hydrogen-bond acceptors (Lipinski definition) is 2. The quantitative estimate of drug-likeness (QED) is 0.781. The number of anilines is 2. The molecule has 0 bridgehead atoms. The molecule has 0 spiro atoms. The minimum atomic E-state index is 0.876. The average Bonchev–Trinajstić information content (AvgIpc) is 2.19. The van der Waals surface area contributed by atoms with Crippen LogP contribution in [-0.4, -0.2) is 13.1 Å². The molecule has 3 heteroatoms. The predicted octanol–water partition coefficient (Wildman–Crippen LogP) is 3.02. The molecule has 0 saturated carbocycles. The van der Waals surface area contributed by atoms with E-state index in [4.69, 9.17) is 5.73 Å². The number of nitrogens with zero attached hydrogens (tertiary/aromatic N) is 1. The van der Waals surface area contributed by atoms with E-state index in [0.717, 1.165) is 23.2 Å². The molecule has 0 aromatic heterocycles. The lowest BCUT2D eigenvalue weighted by Crippen LogP contribution is -2.29. The molecule has 2 N–H and O–H groups in total. The fourth-order valence-corrected chi connectivity index (χ4v) is 2.33. The van der Waals surface area contributed by atoms with E-state index < -0.39 is 0 Å². The van der Waals surface area contributed by atoms with Gasteiger partial charge in [0.1, 0.15) is 0 Å². The number of nitrogen functional groups attached to an aromatic ring is 1. The Labute approximate surface area is 93.2 Å². The summed E-state index contributed by atoms with van der Waals surface area (Å²) >= 11 is 3.42. The number of piperidine rings is 1. The van der Waals surface area contributed by atoms with E-state index in [2.05, 4.69) is 33.0 Å². The lowest BCUT2D eigenvalue weighted by Gasteiger charge is -2.29. The molecule has 1 saturated heterocycles. The van der Waals surface area contributed by atoms with Gasteiger partial charge in [0.25, 0.3) is 0 Å². The Hall–Kier alpha value is -0.700. The van der Waals surface area contributed by atoms with Gasteiger partial charge in [0.2, 0.25) is 0 Å². The molecular weight excluding hydrogens is 240 g/mol. The Morgan fingerprint density at radius 3 is 2.50 bits per heavy atom. The van der Waals surface area contributed by atoms with Crippen LogP contribution in [0.25, 0.3) is 0 Å². The molecule has 2 rings (SSSR count). The zero-order valence-electron chi connectivity index (χ0n) is 8.17. The van der Waals surface area contributed by atoms with Crippen LogP contribution in [0, 0.1) is 0 Å². The molecule has 0 radical (unpaired) electrons. The van der Waals surface area contributed by atoms with Crippen molar-refractivity contribution in [1.82, 2.24) is 0 Å². The Kier molecular flexibility index (Phi) is 2.96. The highest BCUT2D eigenvalue weighted by atomic mass is 79.9. The van der Waals surface area contributed by atoms with Crippen LogP contribution in [0.3, 0.4) is 0 Å².